The fraction of sp³-hybridized carbons (Fsp3) is 0.316. The van der Waals surface area contributed by atoms with E-state index >= 15 is 0 Å². The number of hydrogen-bond donors (Lipinski definition) is 2. The molecule has 0 saturated heterocycles. The molecule has 6 nitrogen and oxygen atoms in total. The number of hydrogen-bond acceptors (Lipinski definition) is 4. The van der Waals surface area contributed by atoms with Gasteiger partial charge in [0.2, 0.25) is 5.91 Å². The molecule has 2 aromatic carbocycles. The van der Waals surface area contributed by atoms with E-state index in [1.807, 2.05) is 12.1 Å². The number of ether oxygens (including phenoxy) is 1. The molecule has 0 fully saturated rings. The average molecular weight is 376 g/mol. The molecule has 0 aromatic heterocycles. The first-order chi connectivity index (χ1) is 12.3. The summed E-state index contributed by atoms with van der Waals surface area (Å²) in [5.74, 6) is 0.239. The highest BCUT2D eigenvalue weighted by atomic mass is 32.2. The predicted molar refractivity (Wildman–Crippen MR) is 103 cm³/mol. The summed E-state index contributed by atoms with van der Waals surface area (Å²) >= 11 is 0. The Hall–Kier alpha value is -2.54. The zero-order valence-electron chi connectivity index (χ0n) is 15.4. The van der Waals surface area contributed by atoms with Crippen LogP contribution in [0.25, 0.3) is 0 Å². The van der Waals surface area contributed by atoms with Crippen LogP contribution in [0, 0.1) is 0 Å². The Balaban J connectivity index is 2.38. The van der Waals surface area contributed by atoms with Crippen molar-refractivity contribution in [1.82, 2.24) is 0 Å². The van der Waals surface area contributed by atoms with Gasteiger partial charge in [-0.15, -0.1) is 0 Å². The highest BCUT2D eigenvalue weighted by Crippen LogP contribution is 2.31. The molecule has 2 rings (SSSR count). The van der Waals surface area contributed by atoms with Gasteiger partial charge in [-0.05, 0) is 36.1 Å². The Bertz CT molecular complexity index is 894. The Morgan fingerprint density at radius 2 is 1.85 bits per heavy atom. The van der Waals surface area contributed by atoms with E-state index in [9.17, 15) is 13.2 Å². The maximum absolute atomic E-state index is 12.8. The molecule has 140 valence electrons. The Kier molecular flexibility index (Phi) is 6.26. The lowest BCUT2D eigenvalue weighted by Gasteiger charge is -2.17. The van der Waals surface area contributed by atoms with Crippen molar-refractivity contribution >= 4 is 27.3 Å². The van der Waals surface area contributed by atoms with E-state index in [1.165, 1.54) is 32.2 Å². The average Bonchev–Trinajstić information content (AvgIpc) is 2.61. The topological polar surface area (TPSA) is 84.5 Å². The van der Waals surface area contributed by atoms with Crippen molar-refractivity contribution in [2.45, 2.75) is 38.0 Å². The molecule has 2 aromatic rings. The maximum atomic E-state index is 12.8. The highest BCUT2D eigenvalue weighted by Gasteiger charge is 2.19. The van der Waals surface area contributed by atoms with E-state index in [1.54, 1.807) is 12.1 Å². The molecule has 0 aliphatic heterocycles. The third kappa shape index (κ3) is 4.54. The van der Waals surface area contributed by atoms with Crippen LogP contribution in [-0.4, -0.2) is 21.4 Å². The molecule has 0 aliphatic rings. The molecule has 1 amide bonds. The number of anilines is 2. The Morgan fingerprint density at radius 1 is 1.15 bits per heavy atom. The Morgan fingerprint density at radius 3 is 2.46 bits per heavy atom. The van der Waals surface area contributed by atoms with E-state index < -0.39 is 10.0 Å². The second-order valence-corrected chi connectivity index (χ2v) is 7.73. The van der Waals surface area contributed by atoms with Gasteiger partial charge in [0.25, 0.3) is 10.0 Å². The number of rotatable bonds is 7. The number of carbonyl (C=O) groups is 1. The van der Waals surface area contributed by atoms with E-state index in [2.05, 4.69) is 23.9 Å². The number of para-hydroxylation sites is 1. The summed E-state index contributed by atoms with van der Waals surface area (Å²) in [6, 6.07) is 11.7. The van der Waals surface area contributed by atoms with Crippen LogP contribution >= 0.6 is 0 Å². The second kappa shape index (κ2) is 8.23. The molecule has 0 unspecified atom stereocenters. The smallest absolute Gasteiger partial charge is 0.262 e. The number of methoxy groups -OCH3 is 1. The fourth-order valence-corrected chi connectivity index (χ4v) is 3.68. The largest absolute Gasteiger partial charge is 0.495 e. The molecule has 26 heavy (non-hydrogen) atoms. The minimum absolute atomic E-state index is 0.0578. The van der Waals surface area contributed by atoms with Crippen molar-refractivity contribution < 1.29 is 17.9 Å². The van der Waals surface area contributed by atoms with Gasteiger partial charge >= 0.3 is 0 Å². The summed E-state index contributed by atoms with van der Waals surface area (Å²) in [5, 5.41) is 2.61. The third-order valence-corrected chi connectivity index (χ3v) is 5.51. The van der Waals surface area contributed by atoms with Crippen molar-refractivity contribution in [2.24, 2.45) is 0 Å². The van der Waals surface area contributed by atoms with Crippen LogP contribution in [-0.2, 0) is 14.8 Å². The lowest BCUT2D eigenvalue weighted by atomic mass is 9.97. The van der Waals surface area contributed by atoms with Gasteiger partial charge in [-0.3, -0.25) is 9.52 Å². The van der Waals surface area contributed by atoms with Gasteiger partial charge in [-0.1, -0.05) is 32.0 Å². The standard InChI is InChI=1S/C19H24N2O4S/c1-5-13(2)16-8-6-7-9-17(16)21-26(23,24)15-10-11-18(20-14(3)22)19(12-15)25-4/h6-13,21H,5H2,1-4H3,(H,20,22)/t13-/m0/s1. The molecular formula is C19H24N2O4S. The van der Waals surface area contributed by atoms with E-state index in [0.717, 1.165) is 12.0 Å². The lowest BCUT2D eigenvalue weighted by Crippen LogP contribution is -2.15. The van der Waals surface area contributed by atoms with Crippen molar-refractivity contribution in [3.8, 4) is 5.75 Å². The first kappa shape index (κ1) is 19.8. The van der Waals surface area contributed by atoms with Gasteiger partial charge in [-0.25, -0.2) is 8.42 Å². The minimum Gasteiger partial charge on any atom is -0.495 e. The quantitative estimate of drug-likeness (QED) is 0.766. The van der Waals surface area contributed by atoms with Gasteiger partial charge in [0, 0.05) is 13.0 Å². The van der Waals surface area contributed by atoms with Crippen LogP contribution < -0.4 is 14.8 Å². The fourth-order valence-electron chi connectivity index (χ4n) is 2.57. The van der Waals surface area contributed by atoms with Gasteiger partial charge in [0.05, 0.1) is 23.4 Å². The number of sulfonamides is 1. The summed E-state index contributed by atoms with van der Waals surface area (Å²) in [4.78, 5) is 11.3. The highest BCUT2D eigenvalue weighted by molar-refractivity contribution is 7.92. The molecule has 0 radical (unpaired) electrons. The van der Waals surface area contributed by atoms with Gasteiger partial charge in [0.1, 0.15) is 5.75 Å². The molecule has 0 heterocycles. The second-order valence-electron chi connectivity index (χ2n) is 6.05. The number of nitrogens with one attached hydrogen (secondary N) is 2. The van der Waals surface area contributed by atoms with Crippen LogP contribution in [0.15, 0.2) is 47.4 Å². The van der Waals surface area contributed by atoms with Crippen LogP contribution in [0.3, 0.4) is 0 Å². The van der Waals surface area contributed by atoms with Gasteiger partial charge < -0.3 is 10.1 Å². The predicted octanol–water partition coefficient (Wildman–Crippen LogP) is 3.97. The molecule has 7 heteroatoms. The van der Waals surface area contributed by atoms with E-state index in [-0.39, 0.29) is 22.5 Å². The van der Waals surface area contributed by atoms with E-state index in [0.29, 0.717) is 11.4 Å². The normalized spacial score (nSPS) is 12.3. The van der Waals surface area contributed by atoms with Gasteiger partial charge in [0.15, 0.2) is 0 Å². The molecule has 1 atom stereocenters. The SMILES string of the molecule is CC[C@H](C)c1ccccc1NS(=O)(=O)c1ccc(NC(C)=O)c(OC)c1. The number of benzene rings is 2. The van der Waals surface area contributed by atoms with Crippen molar-refractivity contribution in [2.75, 3.05) is 17.1 Å². The van der Waals surface area contributed by atoms with Crippen molar-refractivity contribution in [3.63, 3.8) is 0 Å². The monoisotopic (exact) mass is 376 g/mol. The van der Waals surface area contributed by atoms with Crippen LogP contribution in [0.2, 0.25) is 0 Å². The summed E-state index contributed by atoms with van der Waals surface area (Å²) in [6.07, 6.45) is 0.901. The van der Waals surface area contributed by atoms with Crippen LogP contribution in [0.1, 0.15) is 38.7 Å². The third-order valence-electron chi connectivity index (χ3n) is 4.14. The summed E-state index contributed by atoms with van der Waals surface area (Å²) in [6.45, 7) is 5.48. The summed E-state index contributed by atoms with van der Waals surface area (Å²) in [7, 11) is -2.38. The molecular weight excluding hydrogens is 352 g/mol. The molecule has 0 aliphatic carbocycles. The minimum atomic E-state index is -3.80. The van der Waals surface area contributed by atoms with Crippen LogP contribution in [0.5, 0.6) is 5.75 Å². The number of amides is 1. The first-order valence-electron chi connectivity index (χ1n) is 8.35. The zero-order chi connectivity index (χ0) is 19.3. The van der Waals surface area contributed by atoms with Crippen LogP contribution in [0.4, 0.5) is 11.4 Å². The molecule has 2 N–H and O–H groups in total. The maximum Gasteiger partial charge on any atom is 0.262 e. The molecule has 0 saturated carbocycles. The van der Waals surface area contributed by atoms with Crippen molar-refractivity contribution in [3.05, 3.63) is 48.0 Å². The summed E-state index contributed by atoms with van der Waals surface area (Å²) in [5.41, 5.74) is 1.92. The van der Waals surface area contributed by atoms with Gasteiger partial charge in [-0.2, -0.15) is 0 Å². The van der Waals surface area contributed by atoms with E-state index in [4.69, 9.17) is 4.74 Å². The Labute approximate surface area is 154 Å². The summed E-state index contributed by atoms with van der Waals surface area (Å²) < 4.78 is 33.5. The molecule has 0 spiro atoms. The first-order valence-corrected chi connectivity index (χ1v) is 9.84. The number of carbonyl (C=O) groups excluding carboxylic acids is 1. The zero-order valence-corrected chi connectivity index (χ0v) is 16.2. The lowest BCUT2D eigenvalue weighted by molar-refractivity contribution is -0.114. The molecule has 0 bridgehead atoms. The van der Waals surface area contributed by atoms with Crippen molar-refractivity contribution in [1.29, 1.82) is 0 Å².